The highest BCUT2D eigenvalue weighted by Crippen LogP contribution is 2.38. The summed E-state index contributed by atoms with van der Waals surface area (Å²) in [6, 6.07) is 0. The molecule has 0 aliphatic rings. The highest BCUT2D eigenvalue weighted by molar-refractivity contribution is 5.71. The summed E-state index contributed by atoms with van der Waals surface area (Å²) in [5.74, 6) is -2.46. The van der Waals surface area contributed by atoms with Gasteiger partial charge in [0.25, 0.3) is 0 Å². The molecule has 0 heterocycles. The van der Waals surface area contributed by atoms with E-state index in [1.807, 2.05) is 55.4 Å². The maximum absolute atomic E-state index is 13.1. The van der Waals surface area contributed by atoms with Gasteiger partial charge in [0.1, 0.15) is 26.4 Å². The van der Waals surface area contributed by atoms with Crippen molar-refractivity contribution in [1.29, 1.82) is 0 Å². The lowest BCUT2D eigenvalue weighted by Crippen LogP contribution is -2.46. The van der Waals surface area contributed by atoms with Gasteiger partial charge in [-0.3, -0.25) is 24.0 Å². The molecule has 0 spiro atoms. The summed E-state index contributed by atoms with van der Waals surface area (Å²) in [6.07, 6.45) is 5.10. The van der Waals surface area contributed by atoms with Gasteiger partial charge in [0.05, 0.1) is 85.0 Å². The lowest BCUT2D eigenvalue weighted by molar-refractivity contribution is -0.283. The summed E-state index contributed by atoms with van der Waals surface area (Å²) < 4.78 is 42.4. The fourth-order valence-electron chi connectivity index (χ4n) is 7.38. The van der Waals surface area contributed by atoms with Crippen molar-refractivity contribution >= 4 is 29.8 Å². The van der Waals surface area contributed by atoms with E-state index in [2.05, 4.69) is 0 Å². The van der Waals surface area contributed by atoms with Crippen molar-refractivity contribution in [2.45, 2.75) is 139 Å². The molecule has 18 nitrogen and oxygen atoms in total. The predicted molar refractivity (Wildman–Crippen MR) is 238 cm³/mol. The van der Waals surface area contributed by atoms with Crippen LogP contribution in [0.3, 0.4) is 0 Å². The second kappa shape index (κ2) is 37.1. The van der Waals surface area contributed by atoms with Gasteiger partial charge >= 0.3 is 29.8 Å². The summed E-state index contributed by atoms with van der Waals surface area (Å²) in [5, 5.41) is 0. The molecule has 4 atom stereocenters. The van der Waals surface area contributed by atoms with Gasteiger partial charge in [-0.1, -0.05) is 55.4 Å². The van der Waals surface area contributed by atoms with Gasteiger partial charge in [0.2, 0.25) is 0 Å². The van der Waals surface area contributed by atoms with Crippen LogP contribution in [0, 0.1) is 34.0 Å². The van der Waals surface area contributed by atoms with E-state index in [0.717, 1.165) is 0 Å². The van der Waals surface area contributed by atoms with Gasteiger partial charge in [-0.2, -0.15) is 0 Å². The fraction of sp³-hybridized carbons (Fsp3) is 0.894. The highest BCUT2D eigenvalue weighted by atomic mass is 17.2. The standard InChI is InChI=1S/C47H86O18/c1-12-17-40(48)58-32-45(22-37(6)25-63-53-9,23-38(7)26-64-54-10)28-56-29-46(24-39(8)27-65-55-11,33-59-41(49)18-13-2)30-57-31-47(34-60-42(50)19-14-3,35-61-43(51)20-15-4)36-62-44(52)21-16-5/h37-39H,12-36H2,1-11H3. The Labute approximate surface area is 389 Å². The van der Waals surface area contributed by atoms with Crippen molar-refractivity contribution in [2.24, 2.45) is 34.0 Å². The summed E-state index contributed by atoms with van der Waals surface area (Å²) in [4.78, 5) is 94.9. The molecule has 0 saturated carbocycles. The lowest BCUT2D eigenvalue weighted by atomic mass is 9.74. The molecule has 0 amide bonds. The maximum atomic E-state index is 13.1. The SMILES string of the molecule is CCCC(=O)OCC(COCC(COCC(COC(=O)CCC)(CC(C)COOC)CC(C)COOC)(COC(=O)CCC)CC(C)COOC)(COC(=O)CCC)COC(=O)CCC. The highest BCUT2D eigenvalue weighted by Gasteiger charge is 2.42. The number of ether oxygens (including phenoxy) is 7. The molecule has 0 fully saturated rings. The predicted octanol–water partition coefficient (Wildman–Crippen LogP) is 7.51. The maximum Gasteiger partial charge on any atom is 0.305 e. The molecule has 0 rings (SSSR count). The van der Waals surface area contributed by atoms with Gasteiger partial charge < -0.3 is 33.2 Å². The Balaban J connectivity index is 7.38. The van der Waals surface area contributed by atoms with E-state index in [9.17, 15) is 24.0 Å². The molecule has 0 aromatic carbocycles. The topological polar surface area (TPSA) is 205 Å². The van der Waals surface area contributed by atoms with Crippen LogP contribution in [0.2, 0.25) is 0 Å². The molecule has 4 unspecified atom stereocenters. The van der Waals surface area contributed by atoms with Gasteiger partial charge in [-0.25, -0.2) is 29.3 Å². The van der Waals surface area contributed by atoms with Crippen LogP contribution in [0.1, 0.15) is 139 Å². The smallest absolute Gasteiger partial charge is 0.305 e. The molecule has 0 aromatic rings. The third-order valence-corrected chi connectivity index (χ3v) is 10.4. The quantitative estimate of drug-likeness (QED) is 0.0251. The summed E-state index contributed by atoms with van der Waals surface area (Å²) in [7, 11) is 4.29. The van der Waals surface area contributed by atoms with Gasteiger partial charge in [-0.05, 0) is 69.1 Å². The van der Waals surface area contributed by atoms with Crippen LogP contribution in [0.15, 0.2) is 0 Å². The molecule has 0 aliphatic heterocycles. The monoisotopic (exact) mass is 939 g/mol. The van der Waals surface area contributed by atoms with Crippen LogP contribution in [-0.4, -0.2) is 130 Å². The van der Waals surface area contributed by atoms with Crippen molar-refractivity contribution in [3.63, 3.8) is 0 Å². The van der Waals surface area contributed by atoms with Crippen LogP contribution in [0.4, 0.5) is 0 Å². The first-order valence-electron chi connectivity index (χ1n) is 23.5. The first-order valence-corrected chi connectivity index (χ1v) is 23.5. The first-order chi connectivity index (χ1) is 31.1. The second-order valence-corrected chi connectivity index (χ2v) is 17.8. The number of esters is 5. The molecule has 0 bridgehead atoms. The number of carbonyl (C=O) groups excluding carboxylic acids is 5. The van der Waals surface area contributed by atoms with E-state index in [1.165, 1.54) is 21.3 Å². The van der Waals surface area contributed by atoms with Crippen LogP contribution in [-0.2, 0) is 86.5 Å². The van der Waals surface area contributed by atoms with Gasteiger partial charge in [-0.15, -0.1) is 0 Å². The zero-order chi connectivity index (χ0) is 49.0. The minimum absolute atomic E-state index is 0.00422. The zero-order valence-electron chi connectivity index (χ0n) is 41.8. The number of rotatable bonds is 43. The van der Waals surface area contributed by atoms with E-state index < -0.39 is 40.1 Å². The Morgan fingerprint density at radius 2 is 0.585 bits per heavy atom. The molecule has 0 aliphatic carbocycles. The minimum Gasteiger partial charge on any atom is -0.465 e. The Hall–Kier alpha value is -2.97. The van der Waals surface area contributed by atoms with E-state index >= 15 is 0 Å². The molecular formula is C47H86O18. The molecule has 0 radical (unpaired) electrons. The van der Waals surface area contributed by atoms with Crippen molar-refractivity contribution in [1.82, 2.24) is 0 Å². The van der Waals surface area contributed by atoms with Crippen LogP contribution >= 0.6 is 0 Å². The Morgan fingerprint density at radius 1 is 0.354 bits per heavy atom. The third-order valence-electron chi connectivity index (χ3n) is 10.4. The van der Waals surface area contributed by atoms with Crippen molar-refractivity contribution < 1.29 is 86.5 Å². The van der Waals surface area contributed by atoms with Crippen molar-refractivity contribution in [3.8, 4) is 0 Å². The second-order valence-electron chi connectivity index (χ2n) is 17.8. The van der Waals surface area contributed by atoms with E-state index in [-0.39, 0.29) is 135 Å². The van der Waals surface area contributed by atoms with E-state index in [1.54, 1.807) is 0 Å². The average molecular weight is 939 g/mol. The lowest BCUT2D eigenvalue weighted by Gasteiger charge is -2.40. The van der Waals surface area contributed by atoms with E-state index in [0.29, 0.717) is 51.4 Å². The molecule has 18 heteroatoms. The first kappa shape index (κ1) is 62.0. The number of hydrogen-bond acceptors (Lipinski definition) is 18. The van der Waals surface area contributed by atoms with Crippen molar-refractivity contribution in [2.75, 3.05) is 101 Å². The van der Waals surface area contributed by atoms with Crippen LogP contribution in [0.5, 0.6) is 0 Å². The van der Waals surface area contributed by atoms with E-state index in [4.69, 9.17) is 62.5 Å². The number of carbonyl (C=O) groups is 5. The van der Waals surface area contributed by atoms with Gasteiger partial charge in [0, 0.05) is 37.5 Å². The van der Waals surface area contributed by atoms with Crippen molar-refractivity contribution in [3.05, 3.63) is 0 Å². The molecule has 0 aromatic heterocycles. The Bertz CT molecular complexity index is 1210. The summed E-state index contributed by atoms with van der Waals surface area (Å²) in [6.45, 7) is 15.0. The van der Waals surface area contributed by atoms with Gasteiger partial charge in [0.15, 0.2) is 0 Å². The third kappa shape index (κ3) is 29.4. The molecule has 0 saturated heterocycles. The summed E-state index contributed by atoms with van der Waals surface area (Å²) in [5.41, 5.74) is -3.09. The Morgan fingerprint density at radius 3 is 0.862 bits per heavy atom. The number of hydrogen-bond donors (Lipinski definition) is 0. The normalized spacial score (nSPS) is 14.9. The fourth-order valence-corrected chi connectivity index (χ4v) is 7.38. The average Bonchev–Trinajstić information content (AvgIpc) is 3.26. The molecular weight excluding hydrogens is 852 g/mol. The summed E-state index contributed by atoms with van der Waals surface area (Å²) >= 11 is 0. The molecule has 382 valence electrons. The largest absolute Gasteiger partial charge is 0.465 e. The van der Waals surface area contributed by atoms with Crippen LogP contribution < -0.4 is 0 Å². The van der Waals surface area contributed by atoms with Crippen LogP contribution in [0.25, 0.3) is 0 Å². The minimum atomic E-state index is -1.30. The molecule has 65 heavy (non-hydrogen) atoms. The molecule has 0 N–H and O–H groups in total. The Kier molecular flexibility index (Phi) is 35.4. The zero-order valence-corrected chi connectivity index (χ0v) is 41.8.